The third-order valence-corrected chi connectivity index (χ3v) is 7.45. The van der Waals surface area contributed by atoms with E-state index in [1.54, 1.807) is 12.1 Å². The molecule has 0 bridgehead atoms. The lowest BCUT2D eigenvalue weighted by Crippen LogP contribution is -2.61. The Bertz CT molecular complexity index is 1450. The fraction of sp³-hybridized carbons (Fsp3) is 0.300. The summed E-state index contributed by atoms with van der Waals surface area (Å²) in [6, 6.07) is 16.3. The Balaban J connectivity index is 1.34. The van der Waals surface area contributed by atoms with Crippen molar-refractivity contribution in [3.63, 3.8) is 0 Å². The minimum Gasteiger partial charge on any atom is -0.479 e. The van der Waals surface area contributed by atoms with Crippen molar-refractivity contribution in [2.45, 2.75) is 49.6 Å². The van der Waals surface area contributed by atoms with Crippen molar-refractivity contribution in [2.24, 2.45) is 5.92 Å². The van der Waals surface area contributed by atoms with Crippen molar-refractivity contribution in [3.8, 4) is 5.75 Å². The predicted molar refractivity (Wildman–Crippen MR) is 141 cm³/mol. The number of anilines is 1. The number of aliphatic hydroxyl groups excluding tert-OH is 3. The summed E-state index contributed by atoms with van der Waals surface area (Å²) >= 11 is 0. The lowest BCUT2D eigenvalue weighted by atomic mass is 9.78. The maximum absolute atomic E-state index is 13.6. The first-order chi connectivity index (χ1) is 20.0. The van der Waals surface area contributed by atoms with Crippen molar-refractivity contribution < 1.29 is 53.1 Å². The number of aliphatic hydroxyl groups is 3. The van der Waals surface area contributed by atoms with Crippen LogP contribution in [-0.4, -0.2) is 68.8 Å². The monoisotopic (exact) mass is 583 g/mol. The number of carbonyl (C=O) groups is 3. The highest BCUT2D eigenvalue weighted by Gasteiger charge is 2.49. The number of amides is 1. The van der Waals surface area contributed by atoms with Crippen molar-refractivity contribution in [1.29, 1.82) is 0 Å². The third kappa shape index (κ3) is 5.74. The van der Waals surface area contributed by atoms with E-state index in [4.69, 9.17) is 9.47 Å². The summed E-state index contributed by atoms with van der Waals surface area (Å²) < 4.78 is 37.5. The van der Waals surface area contributed by atoms with E-state index in [1.165, 1.54) is 65.6 Å². The van der Waals surface area contributed by atoms with Crippen LogP contribution in [0.2, 0.25) is 0 Å². The number of nitrogens with zero attached hydrogens (tertiary/aromatic N) is 1. The molecule has 2 saturated heterocycles. The second-order valence-corrected chi connectivity index (χ2v) is 10.1. The molecular formula is C30H27F2NO9. The van der Waals surface area contributed by atoms with Crippen LogP contribution in [0.3, 0.4) is 0 Å². The maximum atomic E-state index is 13.6. The zero-order valence-electron chi connectivity index (χ0n) is 21.9. The van der Waals surface area contributed by atoms with Crippen molar-refractivity contribution in [2.75, 3.05) is 4.90 Å². The van der Waals surface area contributed by atoms with Gasteiger partial charge < -0.3 is 34.8 Å². The Morgan fingerprint density at radius 2 is 1.43 bits per heavy atom. The highest BCUT2D eigenvalue weighted by atomic mass is 19.1. The largest absolute Gasteiger partial charge is 0.479 e. The Morgan fingerprint density at radius 3 is 2.02 bits per heavy atom. The van der Waals surface area contributed by atoms with Gasteiger partial charge in [-0.25, -0.2) is 13.6 Å². The molecule has 3 aromatic carbocycles. The van der Waals surface area contributed by atoms with E-state index in [0.717, 1.165) is 0 Å². The number of carboxylic acid groups (broad SMARTS) is 1. The van der Waals surface area contributed by atoms with Gasteiger partial charge in [0, 0.05) is 17.7 Å². The van der Waals surface area contributed by atoms with Crippen LogP contribution in [0.25, 0.3) is 0 Å². The van der Waals surface area contributed by atoms with E-state index in [1.807, 2.05) is 0 Å². The lowest BCUT2D eigenvalue weighted by Gasteiger charge is -2.47. The van der Waals surface area contributed by atoms with Gasteiger partial charge in [0.1, 0.15) is 35.7 Å². The Labute approximate surface area is 238 Å². The highest BCUT2D eigenvalue weighted by molar-refractivity contribution is 6.04. The first kappa shape index (κ1) is 29.3. The van der Waals surface area contributed by atoms with Gasteiger partial charge in [0.15, 0.2) is 11.9 Å². The van der Waals surface area contributed by atoms with Crippen LogP contribution in [0.5, 0.6) is 5.75 Å². The van der Waals surface area contributed by atoms with Gasteiger partial charge in [0.05, 0.1) is 12.0 Å². The van der Waals surface area contributed by atoms with Gasteiger partial charge in [-0.1, -0.05) is 12.1 Å². The van der Waals surface area contributed by atoms with Gasteiger partial charge in [0.2, 0.25) is 12.2 Å². The number of carboxylic acids is 1. The minimum atomic E-state index is -1.86. The second kappa shape index (κ2) is 11.9. The van der Waals surface area contributed by atoms with Gasteiger partial charge >= 0.3 is 5.97 Å². The van der Waals surface area contributed by atoms with Crippen molar-refractivity contribution in [1.82, 2.24) is 0 Å². The summed E-state index contributed by atoms with van der Waals surface area (Å²) in [7, 11) is 0. The van der Waals surface area contributed by atoms with Crippen LogP contribution in [0.4, 0.5) is 14.5 Å². The van der Waals surface area contributed by atoms with E-state index >= 15 is 0 Å². The van der Waals surface area contributed by atoms with Crippen LogP contribution >= 0.6 is 0 Å². The molecule has 4 N–H and O–H groups in total. The van der Waals surface area contributed by atoms with Crippen molar-refractivity contribution >= 4 is 23.3 Å². The summed E-state index contributed by atoms with van der Waals surface area (Å²) in [4.78, 5) is 38.8. The van der Waals surface area contributed by atoms with E-state index in [0.29, 0.717) is 16.8 Å². The van der Waals surface area contributed by atoms with E-state index < -0.39 is 60.3 Å². The lowest BCUT2D eigenvalue weighted by molar-refractivity contribution is -0.271. The average Bonchev–Trinajstić information content (AvgIpc) is 2.97. The maximum Gasteiger partial charge on any atom is 0.335 e. The molecule has 0 spiro atoms. The number of hydrogen-bond acceptors (Lipinski definition) is 8. The second-order valence-electron chi connectivity index (χ2n) is 10.1. The minimum absolute atomic E-state index is 0.0345. The third-order valence-electron chi connectivity index (χ3n) is 7.45. The summed E-state index contributed by atoms with van der Waals surface area (Å²) in [6.07, 6.45) is -8.61. The molecule has 2 aliphatic rings. The Hall–Kier alpha value is -4.23. The van der Waals surface area contributed by atoms with Gasteiger partial charge in [0.25, 0.3) is 0 Å². The molecule has 7 atom stereocenters. The standard InChI is InChI=1S/C30H27F2NO9/c31-17-5-1-15(2-6-17)22(34)14-13-21-23(33(28(21)38)19-9-7-18(32)8-10-19)16-3-11-20(12-4-16)41-30-26(37)24(35)25(36)27(42-30)29(39)40/h1-12,21,23-27,30,35-37H,13-14H2,(H,39,40)/t21-,23-,24+,25+,26-,27+,30-/m1/s1. The Kier molecular flexibility index (Phi) is 8.32. The van der Waals surface area contributed by atoms with Gasteiger partial charge in [-0.15, -0.1) is 0 Å². The molecule has 220 valence electrons. The van der Waals surface area contributed by atoms with Gasteiger partial charge in [-0.2, -0.15) is 0 Å². The first-order valence-corrected chi connectivity index (χ1v) is 13.1. The normalized spacial score (nSPS) is 27.3. The fourth-order valence-electron chi connectivity index (χ4n) is 5.19. The number of hydrogen-bond donors (Lipinski definition) is 4. The molecule has 10 nitrogen and oxygen atoms in total. The fourth-order valence-corrected chi connectivity index (χ4v) is 5.19. The summed E-state index contributed by atoms with van der Waals surface area (Å²) in [5, 5.41) is 39.4. The van der Waals surface area contributed by atoms with E-state index in [-0.39, 0.29) is 30.3 Å². The first-order valence-electron chi connectivity index (χ1n) is 13.1. The predicted octanol–water partition coefficient (Wildman–Crippen LogP) is 2.60. The number of β-lactam (4-membered cyclic amide) rings is 1. The van der Waals surface area contributed by atoms with Crippen LogP contribution in [-0.2, 0) is 14.3 Å². The molecule has 0 aromatic heterocycles. The zero-order valence-corrected chi connectivity index (χ0v) is 21.9. The SMILES string of the molecule is O=C(CC[C@H]1C(=O)N(c2ccc(F)cc2)[C@@H]1c1ccc(O[C@@H]2O[C@H](C(=O)O)[C@@H](O)[C@H](O)[C@H]2O)cc1)c1ccc(F)cc1. The van der Waals surface area contributed by atoms with Crippen LogP contribution < -0.4 is 9.64 Å². The zero-order chi connectivity index (χ0) is 30.1. The van der Waals surface area contributed by atoms with Crippen LogP contribution in [0.15, 0.2) is 72.8 Å². The molecule has 12 heteroatoms. The number of ketones is 1. The molecule has 0 saturated carbocycles. The molecule has 5 rings (SSSR count). The molecule has 2 heterocycles. The summed E-state index contributed by atoms with van der Waals surface area (Å²) in [5.41, 5.74) is 1.43. The van der Waals surface area contributed by atoms with E-state index in [9.17, 15) is 43.6 Å². The number of carbonyl (C=O) groups excluding carboxylic acids is 2. The number of halogens is 2. The summed E-state index contributed by atoms with van der Waals surface area (Å²) in [6.45, 7) is 0. The number of aliphatic carboxylic acids is 1. The molecule has 2 fully saturated rings. The topological polar surface area (TPSA) is 154 Å². The van der Waals surface area contributed by atoms with Gasteiger partial charge in [-0.05, 0) is 72.6 Å². The number of benzene rings is 3. The number of ether oxygens (including phenoxy) is 2. The molecule has 0 aliphatic carbocycles. The van der Waals surface area contributed by atoms with Crippen LogP contribution in [0.1, 0.15) is 34.8 Å². The summed E-state index contributed by atoms with van der Waals surface area (Å²) in [5.74, 6) is -3.45. The van der Waals surface area contributed by atoms with Gasteiger partial charge in [-0.3, -0.25) is 9.59 Å². The quantitative estimate of drug-likeness (QED) is 0.220. The average molecular weight is 584 g/mol. The van der Waals surface area contributed by atoms with Crippen molar-refractivity contribution in [3.05, 3.63) is 95.6 Å². The van der Waals surface area contributed by atoms with Crippen LogP contribution in [0, 0.1) is 17.6 Å². The molecule has 42 heavy (non-hydrogen) atoms. The smallest absolute Gasteiger partial charge is 0.335 e. The molecule has 3 aromatic rings. The number of Topliss-reactive ketones (excluding diaryl/α,β-unsaturated/α-hetero) is 1. The Morgan fingerprint density at radius 1 is 0.833 bits per heavy atom. The molecular weight excluding hydrogens is 556 g/mol. The highest BCUT2D eigenvalue weighted by Crippen LogP contribution is 2.46. The molecule has 2 aliphatic heterocycles. The van der Waals surface area contributed by atoms with E-state index in [2.05, 4.69) is 0 Å². The molecule has 0 radical (unpaired) electrons. The molecule has 1 amide bonds. The number of rotatable bonds is 9. The molecule has 0 unspecified atom stereocenters.